The first-order valence-electron chi connectivity index (χ1n) is 8.92. The molecular weight excluding hydrogens is 408 g/mol. The fourth-order valence-corrected chi connectivity index (χ4v) is 2.74. The van der Waals surface area contributed by atoms with E-state index in [2.05, 4.69) is 25.5 Å². The lowest BCUT2D eigenvalue weighted by atomic mass is 10.2. The Morgan fingerprint density at radius 1 is 1.07 bits per heavy atom. The van der Waals surface area contributed by atoms with Crippen molar-refractivity contribution in [1.82, 2.24) is 30.2 Å². The highest BCUT2D eigenvalue weighted by atomic mass is 35.5. The lowest BCUT2D eigenvalue weighted by Crippen LogP contribution is -2.33. The van der Waals surface area contributed by atoms with Crippen LogP contribution in [0.1, 0.15) is 5.56 Å². The molecule has 1 amide bonds. The van der Waals surface area contributed by atoms with Gasteiger partial charge in [0.05, 0.1) is 0 Å². The number of halogens is 1. The van der Waals surface area contributed by atoms with Crippen molar-refractivity contribution >= 4 is 17.5 Å². The maximum atomic E-state index is 12.2. The topological polar surface area (TPSA) is 116 Å². The summed E-state index contributed by atoms with van der Waals surface area (Å²) in [6.07, 6.45) is 3.24. The number of carbonyl (C=O) groups is 1. The summed E-state index contributed by atoms with van der Waals surface area (Å²) in [7, 11) is 0. The Labute approximate surface area is 175 Å². The van der Waals surface area contributed by atoms with Gasteiger partial charge in [-0.15, -0.1) is 0 Å². The summed E-state index contributed by atoms with van der Waals surface area (Å²) in [6, 6.07) is 13.3. The molecule has 0 radical (unpaired) electrons. The van der Waals surface area contributed by atoms with Crippen LogP contribution < -0.4 is 10.9 Å². The summed E-state index contributed by atoms with van der Waals surface area (Å²) >= 11 is 5.85. The zero-order valence-electron chi connectivity index (χ0n) is 15.5. The molecule has 0 atom stereocenters. The molecule has 1 N–H and O–H groups in total. The average Bonchev–Trinajstić information content (AvgIpc) is 3.26. The predicted molar refractivity (Wildman–Crippen MR) is 108 cm³/mol. The van der Waals surface area contributed by atoms with Crippen molar-refractivity contribution in [2.75, 3.05) is 0 Å². The first kappa shape index (κ1) is 19.5. The molecule has 10 heteroatoms. The summed E-state index contributed by atoms with van der Waals surface area (Å²) < 4.78 is 6.29. The summed E-state index contributed by atoms with van der Waals surface area (Å²) in [5, 5.41) is 11.4. The number of nitrogens with one attached hydrogen (secondary N) is 1. The van der Waals surface area contributed by atoms with E-state index < -0.39 is 5.56 Å². The maximum absolute atomic E-state index is 12.2. The van der Waals surface area contributed by atoms with Crippen molar-refractivity contribution in [3.8, 4) is 23.0 Å². The van der Waals surface area contributed by atoms with E-state index in [1.807, 2.05) is 12.1 Å². The van der Waals surface area contributed by atoms with E-state index in [0.717, 1.165) is 15.8 Å². The van der Waals surface area contributed by atoms with Gasteiger partial charge in [-0.2, -0.15) is 10.1 Å². The minimum absolute atomic E-state index is 0.136. The Kier molecular flexibility index (Phi) is 5.62. The van der Waals surface area contributed by atoms with Crippen molar-refractivity contribution < 1.29 is 9.32 Å². The van der Waals surface area contributed by atoms with Crippen LogP contribution in [0.3, 0.4) is 0 Å². The van der Waals surface area contributed by atoms with Crippen LogP contribution in [0, 0.1) is 0 Å². The second kappa shape index (κ2) is 8.66. The van der Waals surface area contributed by atoms with Crippen molar-refractivity contribution in [2.24, 2.45) is 0 Å². The van der Waals surface area contributed by atoms with Crippen LogP contribution in [0.15, 0.2) is 70.2 Å². The van der Waals surface area contributed by atoms with Gasteiger partial charge in [0.15, 0.2) is 0 Å². The molecule has 150 valence electrons. The number of aromatic nitrogens is 5. The van der Waals surface area contributed by atoms with E-state index in [1.54, 1.807) is 36.7 Å². The summed E-state index contributed by atoms with van der Waals surface area (Å²) in [5.74, 6) is 0.143. The first-order chi connectivity index (χ1) is 14.6. The van der Waals surface area contributed by atoms with Crippen molar-refractivity contribution in [1.29, 1.82) is 0 Å². The standard InChI is InChI=1S/C20H15ClN6O3/c21-15-3-1-13(2-4-15)11-23-17(28)12-27-18(29)6-5-16(25-27)20-24-19(26-30-20)14-7-9-22-10-8-14/h1-10H,11-12H2,(H,23,28). The fraction of sp³-hybridized carbons (Fsp3) is 0.100. The van der Waals surface area contributed by atoms with Gasteiger partial charge in [0.1, 0.15) is 12.2 Å². The molecule has 0 unspecified atom stereocenters. The molecule has 3 heterocycles. The molecule has 1 aromatic carbocycles. The smallest absolute Gasteiger partial charge is 0.278 e. The number of nitrogens with zero attached hydrogens (tertiary/aromatic N) is 5. The Balaban J connectivity index is 1.47. The molecule has 30 heavy (non-hydrogen) atoms. The minimum atomic E-state index is -0.422. The van der Waals surface area contributed by atoms with Gasteiger partial charge in [0, 0.05) is 35.6 Å². The van der Waals surface area contributed by atoms with Crippen LogP contribution in [-0.2, 0) is 17.9 Å². The van der Waals surface area contributed by atoms with Gasteiger partial charge in [0.25, 0.3) is 11.4 Å². The lowest BCUT2D eigenvalue weighted by Gasteiger charge is -2.07. The highest BCUT2D eigenvalue weighted by Gasteiger charge is 2.14. The molecule has 0 saturated carbocycles. The Morgan fingerprint density at radius 3 is 2.60 bits per heavy atom. The minimum Gasteiger partial charge on any atom is -0.350 e. The molecule has 4 aromatic rings. The van der Waals surface area contributed by atoms with Crippen molar-refractivity contribution in [3.05, 3.63) is 81.9 Å². The van der Waals surface area contributed by atoms with Gasteiger partial charge >= 0.3 is 0 Å². The van der Waals surface area contributed by atoms with Crippen LogP contribution in [0.5, 0.6) is 0 Å². The Hall–Kier alpha value is -3.85. The number of benzene rings is 1. The van der Waals surface area contributed by atoms with E-state index >= 15 is 0 Å². The van der Waals surface area contributed by atoms with Gasteiger partial charge < -0.3 is 9.84 Å². The van der Waals surface area contributed by atoms with Crippen LogP contribution in [0.4, 0.5) is 0 Å². The van der Waals surface area contributed by atoms with Crippen LogP contribution >= 0.6 is 11.6 Å². The largest absolute Gasteiger partial charge is 0.350 e. The summed E-state index contributed by atoms with van der Waals surface area (Å²) in [6.45, 7) is 0.0645. The zero-order valence-corrected chi connectivity index (χ0v) is 16.3. The van der Waals surface area contributed by atoms with E-state index in [9.17, 15) is 9.59 Å². The molecule has 0 saturated heterocycles. The quantitative estimate of drug-likeness (QED) is 0.506. The highest BCUT2D eigenvalue weighted by Crippen LogP contribution is 2.19. The summed E-state index contributed by atoms with van der Waals surface area (Å²) in [5.41, 5.74) is 1.48. The molecule has 0 aliphatic rings. The number of rotatable bonds is 6. The number of pyridine rings is 1. The van der Waals surface area contributed by atoms with Gasteiger partial charge in [-0.3, -0.25) is 14.6 Å². The van der Waals surface area contributed by atoms with Gasteiger partial charge in [0.2, 0.25) is 11.7 Å². The number of carbonyl (C=O) groups excluding carboxylic acids is 1. The van der Waals surface area contributed by atoms with Crippen LogP contribution in [0.2, 0.25) is 5.02 Å². The number of amides is 1. The molecular formula is C20H15ClN6O3. The third kappa shape index (κ3) is 4.58. The third-order valence-electron chi connectivity index (χ3n) is 4.15. The third-order valence-corrected chi connectivity index (χ3v) is 4.40. The molecule has 9 nitrogen and oxygen atoms in total. The van der Waals surface area contributed by atoms with Crippen LogP contribution in [0.25, 0.3) is 23.0 Å². The van der Waals surface area contributed by atoms with Crippen molar-refractivity contribution in [3.63, 3.8) is 0 Å². The zero-order chi connectivity index (χ0) is 20.9. The van der Waals surface area contributed by atoms with Gasteiger partial charge in [-0.1, -0.05) is 28.9 Å². The second-order valence-electron chi connectivity index (χ2n) is 6.28. The normalized spacial score (nSPS) is 10.7. The molecule has 0 bridgehead atoms. The van der Waals surface area contributed by atoms with Gasteiger partial charge in [-0.05, 0) is 35.9 Å². The number of hydrogen-bond donors (Lipinski definition) is 1. The monoisotopic (exact) mass is 422 g/mol. The highest BCUT2D eigenvalue weighted by molar-refractivity contribution is 6.30. The fourth-order valence-electron chi connectivity index (χ4n) is 2.62. The predicted octanol–water partition coefficient (Wildman–Crippen LogP) is 2.33. The Morgan fingerprint density at radius 2 is 1.83 bits per heavy atom. The van der Waals surface area contributed by atoms with E-state index in [4.69, 9.17) is 16.1 Å². The Bertz CT molecular complexity index is 1220. The second-order valence-corrected chi connectivity index (χ2v) is 6.71. The number of hydrogen-bond acceptors (Lipinski definition) is 7. The first-order valence-corrected chi connectivity index (χ1v) is 9.30. The summed E-state index contributed by atoms with van der Waals surface area (Å²) in [4.78, 5) is 32.6. The molecule has 0 aliphatic carbocycles. The molecule has 4 rings (SSSR count). The van der Waals surface area contributed by atoms with Crippen LogP contribution in [-0.4, -0.2) is 30.8 Å². The molecule has 0 spiro atoms. The molecule has 0 aliphatic heterocycles. The van der Waals surface area contributed by atoms with E-state index in [1.165, 1.54) is 12.1 Å². The molecule has 3 aromatic heterocycles. The average molecular weight is 423 g/mol. The van der Waals surface area contributed by atoms with E-state index in [0.29, 0.717) is 17.4 Å². The molecule has 0 fully saturated rings. The SMILES string of the molecule is O=C(Cn1nc(-c2nc(-c3ccncc3)no2)ccc1=O)NCc1ccc(Cl)cc1. The van der Waals surface area contributed by atoms with Gasteiger partial charge in [-0.25, -0.2) is 4.68 Å². The van der Waals surface area contributed by atoms with Crippen molar-refractivity contribution in [2.45, 2.75) is 13.1 Å². The lowest BCUT2D eigenvalue weighted by molar-refractivity contribution is -0.122. The maximum Gasteiger partial charge on any atom is 0.278 e. The van der Waals surface area contributed by atoms with E-state index in [-0.39, 0.29) is 24.0 Å².